The maximum Gasteiger partial charge on any atom is 0.224 e. The fraction of sp³-hybridized carbons (Fsp3) is 0.500. The van der Waals surface area contributed by atoms with Gasteiger partial charge in [-0.3, -0.25) is 4.79 Å². The number of hydrogen-bond acceptors (Lipinski definition) is 3. The first-order valence-corrected chi connectivity index (χ1v) is 7.26. The zero-order chi connectivity index (χ0) is 14.2. The van der Waals surface area contributed by atoms with Crippen molar-refractivity contribution in [3.05, 3.63) is 35.4 Å². The van der Waals surface area contributed by atoms with Crippen molar-refractivity contribution in [2.24, 2.45) is 0 Å². The number of benzene rings is 1. The molecule has 0 saturated carbocycles. The summed E-state index contributed by atoms with van der Waals surface area (Å²) in [5.41, 5.74) is 1.57. The van der Waals surface area contributed by atoms with Gasteiger partial charge in [0.15, 0.2) is 0 Å². The van der Waals surface area contributed by atoms with Gasteiger partial charge in [-0.25, -0.2) is 0 Å². The van der Waals surface area contributed by atoms with Crippen LogP contribution in [0.4, 0.5) is 0 Å². The minimum absolute atomic E-state index is 0.0479. The molecule has 4 nitrogen and oxygen atoms in total. The molecule has 2 rings (SSSR count). The molecule has 0 bridgehead atoms. The van der Waals surface area contributed by atoms with E-state index in [1.165, 1.54) is 19.3 Å². The minimum Gasteiger partial charge on any atom is -0.355 e. The summed E-state index contributed by atoms with van der Waals surface area (Å²) in [4.78, 5) is 14.2. The van der Waals surface area contributed by atoms with Gasteiger partial charge in [0.25, 0.3) is 0 Å². The van der Waals surface area contributed by atoms with Crippen LogP contribution in [0.25, 0.3) is 0 Å². The molecular formula is C16H21N3O. The Hall–Kier alpha value is -1.86. The van der Waals surface area contributed by atoms with Gasteiger partial charge in [-0.2, -0.15) is 5.26 Å². The number of nitrogens with one attached hydrogen (secondary N) is 1. The van der Waals surface area contributed by atoms with E-state index in [1.54, 1.807) is 12.1 Å². The van der Waals surface area contributed by atoms with E-state index >= 15 is 0 Å². The molecule has 1 N–H and O–H groups in total. The van der Waals surface area contributed by atoms with Crippen molar-refractivity contribution in [2.75, 3.05) is 26.2 Å². The van der Waals surface area contributed by atoms with Crippen LogP contribution in [-0.4, -0.2) is 37.0 Å². The average Bonchev–Trinajstić information content (AvgIpc) is 2.49. The number of likely N-dealkylation sites (tertiary alicyclic amines) is 1. The summed E-state index contributed by atoms with van der Waals surface area (Å²) >= 11 is 0. The number of nitrogens with zero attached hydrogens (tertiary/aromatic N) is 2. The van der Waals surface area contributed by atoms with Gasteiger partial charge in [-0.05, 0) is 43.6 Å². The van der Waals surface area contributed by atoms with Crippen molar-refractivity contribution in [3.8, 4) is 6.07 Å². The maximum atomic E-state index is 11.8. The first-order chi connectivity index (χ1) is 9.78. The van der Waals surface area contributed by atoms with Gasteiger partial charge in [0.1, 0.15) is 0 Å². The van der Waals surface area contributed by atoms with Crippen molar-refractivity contribution >= 4 is 5.91 Å². The Morgan fingerprint density at radius 1 is 1.20 bits per heavy atom. The van der Waals surface area contributed by atoms with Crippen LogP contribution in [-0.2, 0) is 11.2 Å². The Balaban J connectivity index is 1.68. The highest BCUT2D eigenvalue weighted by Gasteiger charge is 2.10. The molecule has 0 spiro atoms. The normalized spacial score (nSPS) is 15.6. The van der Waals surface area contributed by atoms with E-state index in [1.807, 2.05) is 12.1 Å². The molecule has 1 fully saturated rings. The summed E-state index contributed by atoms with van der Waals surface area (Å²) in [6.07, 6.45) is 4.27. The Labute approximate surface area is 120 Å². The molecule has 1 aliphatic rings. The predicted octanol–water partition coefficient (Wildman–Crippen LogP) is 1.70. The van der Waals surface area contributed by atoms with Crippen LogP contribution in [0.5, 0.6) is 0 Å². The van der Waals surface area contributed by atoms with Gasteiger partial charge in [-0.15, -0.1) is 0 Å². The molecule has 1 saturated heterocycles. The number of nitriles is 1. The van der Waals surface area contributed by atoms with E-state index in [0.29, 0.717) is 12.0 Å². The molecule has 20 heavy (non-hydrogen) atoms. The maximum absolute atomic E-state index is 11.8. The zero-order valence-electron chi connectivity index (χ0n) is 11.8. The highest BCUT2D eigenvalue weighted by molar-refractivity contribution is 5.78. The van der Waals surface area contributed by atoms with Crippen LogP contribution >= 0.6 is 0 Å². The second kappa shape index (κ2) is 7.66. The van der Waals surface area contributed by atoms with Crippen LogP contribution in [0.3, 0.4) is 0 Å². The Bertz CT molecular complexity index is 469. The third-order valence-corrected chi connectivity index (χ3v) is 3.65. The molecule has 1 aromatic rings. The highest BCUT2D eigenvalue weighted by atomic mass is 16.1. The van der Waals surface area contributed by atoms with Crippen LogP contribution in [0.15, 0.2) is 24.3 Å². The summed E-state index contributed by atoms with van der Waals surface area (Å²) in [5, 5.41) is 11.7. The van der Waals surface area contributed by atoms with Crippen LogP contribution in [0.1, 0.15) is 30.4 Å². The highest BCUT2D eigenvalue weighted by Crippen LogP contribution is 2.07. The van der Waals surface area contributed by atoms with Gasteiger partial charge in [0.2, 0.25) is 5.91 Å². The number of amides is 1. The first-order valence-electron chi connectivity index (χ1n) is 7.26. The average molecular weight is 271 g/mol. The monoisotopic (exact) mass is 271 g/mol. The largest absolute Gasteiger partial charge is 0.355 e. The lowest BCUT2D eigenvalue weighted by Gasteiger charge is -2.26. The molecule has 0 atom stereocenters. The first kappa shape index (κ1) is 14.5. The van der Waals surface area contributed by atoms with E-state index in [2.05, 4.69) is 16.3 Å². The van der Waals surface area contributed by atoms with Gasteiger partial charge in [0, 0.05) is 13.1 Å². The lowest BCUT2D eigenvalue weighted by Crippen LogP contribution is -2.38. The third-order valence-electron chi connectivity index (χ3n) is 3.65. The lowest BCUT2D eigenvalue weighted by atomic mass is 10.1. The standard InChI is InChI=1S/C16H21N3O/c17-13-15-6-4-14(5-7-15)12-16(20)18-8-11-19-9-2-1-3-10-19/h4-7H,1-3,8-12H2,(H,18,20). The smallest absolute Gasteiger partial charge is 0.224 e. The molecule has 1 amide bonds. The molecule has 1 heterocycles. The Morgan fingerprint density at radius 3 is 2.55 bits per heavy atom. The summed E-state index contributed by atoms with van der Waals surface area (Å²) < 4.78 is 0. The summed E-state index contributed by atoms with van der Waals surface area (Å²) in [5.74, 6) is 0.0479. The van der Waals surface area contributed by atoms with Crippen molar-refractivity contribution in [3.63, 3.8) is 0 Å². The third kappa shape index (κ3) is 4.67. The Morgan fingerprint density at radius 2 is 1.90 bits per heavy atom. The molecule has 1 aromatic carbocycles. The number of carbonyl (C=O) groups is 1. The quantitative estimate of drug-likeness (QED) is 0.887. The molecular weight excluding hydrogens is 250 g/mol. The van der Waals surface area contributed by atoms with E-state index in [9.17, 15) is 4.79 Å². The molecule has 1 aliphatic heterocycles. The lowest BCUT2D eigenvalue weighted by molar-refractivity contribution is -0.120. The molecule has 0 aromatic heterocycles. The van der Waals surface area contributed by atoms with Gasteiger partial charge >= 0.3 is 0 Å². The summed E-state index contributed by atoms with van der Waals surface area (Å²) in [6.45, 7) is 3.98. The fourth-order valence-corrected chi connectivity index (χ4v) is 2.48. The van der Waals surface area contributed by atoms with Crippen molar-refractivity contribution < 1.29 is 4.79 Å². The van der Waals surface area contributed by atoms with Crippen LogP contribution < -0.4 is 5.32 Å². The summed E-state index contributed by atoms with van der Waals surface area (Å²) in [7, 11) is 0. The van der Waals surface area contributed by atoms with Crippen molar-refractivity contribution in [1.29, 1.82) is 5.26 Å². The number of rotatable bonds is 5. The molecule has 0 aliphatic carbocycles. The number of hydrogen-bond donors (Lipinski definition) is 1. The topological polar surface area (TPSA) is 56.1 Å². The molecule has 106 valence electrons. The molecule has 0 radical (unpaired) electrons. The SMILES string of the molecule is N#Cc1ccc(CC(=O)NCCN2CCCCC2)cc1. The van der Waals surface area contributed by atoms with Crippen LogP contribution in [0.2, 0.25) is 0 Å². The second-order valence-corrected chi connectivity index (χ2v) is 5.24. The van der Waals surface area contributed by atoms with E-state index < -0.39 is 0 Å². The van der Waals surface area contributed by atoms with Crippen molar-refractivity contribution in [1.82, 2.24) is 10.2 Å². The minimum atomic E-state index is 0.0479. The number of piperidine rings is 1. The fourth-order valence-electron chi connectivity index (χ4n) is 2.48. The molecule has 0 unspecified atom stereocenters. The zero-order valence-corrected chi connectivity index (χ0v) is 11.8. The number of carbonyl (C=O) groups excluding carboxylic acids is 1. The van der Waals surface area contributed by atoms with E-state index in [0.717, 1.165) is 31.7 Å². The molecule has 4 heteroatoms. The predicted molar refractivity (Wildman–Crippen MR) is 78.2 cm³/mol. The second-order valence-electron chi connectivity index (χ2n) is 5.24. The van der Waals surface area contributed by atoms with Crippen LogP contribution in [0, 0.1) is 11.3 Å². The van der Waals surface area contributed by atoms with Gasteiger partial charge < -0.3 is 10.2 Å². The van der Waals surface area contributed by atoms with E-state index in [4.69, 9.17) is 5.26 Å². The summed E-state index contributed by atoms with van der Waals surface area (Å²) in [6, 6.07) is 9.24. The van der Waals surface area contributed by atoms with Gasteiger partial charge in [-0.1, -0.05) is 18.6 Å². The Kier molecular flexibility index (Phi) is 5.57. The van der Waals surface area contributed by atoms with Crippen molar-refractivity contribution in [2.45, 2.75) is 25.7 Å². The van der Waals surface area contributed by atoms with Gasteiger partial charge in [0.05, 0.1) is 18.1 Å². The van der Waals surface area contributed by atoms with E-state index in [-0.39, 0.29) is 5.91 Å².